The van der Waals surface area contributed by atoms with E-state index in [1.165, 1.54) is 19.1 Å². The van der Waals surface area contributed by atoms with Gasteiger partial charge in [0.05, 0.1) is 17.5 Å². The molecule has 1 aromatic heterocycles. The third-order valence-electron chi connectivity index (χ3n) is 5.24. The van der Waals surface area contributed by atoms with Gasteiger partial charge in [-0.25, -0.2) is 8.42 Å². The molecule has 134 valence electrons. The minimum absolute atomic E-state index is 0.0822. The van der Waals surface area contributed by atoms with Gasteiger partial charge in [-0.3, -0.25) is 14.4 Å². The van der Waals surface area contributed by atoms with Crippen LogP contribution in [0.2, 0.25) is 0 Å². The molecule has 0 unspecified atom stereocenters. The number of rotatable bonds is 6. The Morgan fingerprint density at radius 2 is 2.08 bits per heavy atom. The zero-order valence-electron chi connectivity index (χ0n) is 14.5. The summed E-state index contributed by atoms with van der Waals surface area (Å²) in [6.07, 6.45) is 5.30. The fourth-order valence-corrected chi connectivity index (χ4v) is 4.10. The summed E-state index contributed by atoms with van der Waals surface area (Å²) in [5.74, 6) is 1.17. The highest BCUT2D eigenvalue weighted by Gasteiger charge is 2.43. The molecule has 8 heteroatoms. The number of likely N-dealkylation sites (tertiary alicyclic amines) is 1. The third kappa shape index (κ3) is 3.97. The number of nitrogens with one attached hydrogen (secondary N) is 1. The molecular weight excluding hydrogens is 328 g/mol. The van der Waals surface area contributed by atoms with E-state index in [0.29, 0.717) is 23.9 Å². The van der Waals surface area contributed by atoms with Gasteiger partial charge in [-0.1, -0.05) is 0 Å². The molecule has 0 bridgehead atoms. The molecule has 1 saturated heterocycles. The van der Waals surface area contributed by atoms with E-state index >= 15 is 0 Å². The summed E-state index contributed by atoms with van der Waals surface area (Å²) in [6.45, 7) is 4.02. The molecule has 0 spiro atoms. The Balaban J connectivity index is 1.64. The number of amides is 1. The van der Waals surface area contributed by atoms with Crippen LogP contribution >= 0.6 is 0 Å². The Labute approximate surface area is 143 Å². The molecule has 3 rings (SSSR count). The van der Waals surface area contributed by atoms with Gasteiger partial charge in [-0.2, -0.15) is 5.10 Å². The molecule has 1 amide bonds. The van der Waals surface area contributed by atoms with Gasteiger partial charge in [0.15, 0.2) is 0 Å². The number of carbonyl (C=O) groups is 1. The van der Waals surface area contributed by atoms with Gasteiger partial charge < -0.3 is 5.32 Å². The van der Waals surface area contributed by atoms with Crippen molar-refractivity contribution >= 4 is 15.7 Å². The molecule has 1 saturated carbocycles. The van der Waals surface area contributed by atoms with Crippen molar-refractivity contribution in [3.63, 3.8) is 0 Å². The molecule has 7 nitrogen and oxygen atoms in total. The first-order valence-electron chi connectivity index (χ1n) is 8.44. The zero-order valence-corrected chi connectivity index (χ0v) is 15.3. The number of sulfone groups is 1. The van der Waals surface area contributed by atoms with Crippen LogP contribution in [0.4, 0.5) is 0 Å². The summed E-state index contributed by atoms with van der Waals surface area (Å²) in [5, 5.41) is 7.29. The van der Waals surface area contributed by atoms with Gasteiger partial charge in [0, 0.05) is 44.7 Å². The van der Waals surface area contributed by atoms with Crippen molar-refractivity contribution in [2.24, 2.45) is 18.9 Å². The minimum Gasteiger partial charge on any atom is -0.348 e. The van der Waals surface area contributed by atoms with Crippen molar-refractivity contribution < 1.29 is 13.2 Å². The minimum atomic E-state index is -2.96. The second-order valence-corrected chi connectivity index (χ2v) is 9.50. The predicted octanol–water partition coefficient (Wildman–Crippen LogP) is 0.213. The fraction of sp³-hybridized carbons (Fsp3) is 0.750. The number of aromatic nitrogens is 2. The highest BCUT2D eigenvalue weighted by atomic mass is 32.2. The van der Waals surface area contributed by atoms with Crippen LogP contribution in [-0.2, 0) is 16.9 Å². The van der Waals surface area contributed by atoms with Crippen molar-refractivity contribution in [2.75, 3.05) is 31.6 Å². The predicted molar refractivity (Wildman–Crippen MR) is 91.6 cm³/mol. The van der Waals surface area contributed by atoms with Gasteiger partial charge in [0.1, 0.15) is 9.84 Å². The smallest absolute Gasteiger partial charge is 0.255 e. The number of carbonyl (C=O) groups excluding carboxylic acids is 1. The van der Waals surface area contributed by atoms with E-state index in [0.717, 1.165) is 18.8 Å². The van der Waals surface area contributed by atoms with Gasteiger partial charge in [-0.05, 0) is 31.6 Å². The molecule has 1 aromatic rings. The van der Waals surface area contributed by atoms with E-state index in [4.69, 9.17) is 0 Å². The Kier molecular flexibility index (Phi) is 4.70. The monoisotopic (exact) mass is 354 g/mol. The maximum absolute atomic E-state index is 12.6. The molecule has 1 aliphatic carbocycles. The van der Waals surface area contributed by atoms with Crippen LogP contribution in [0.15, 0.2) is 6.20 Å². The molecule has 1 N–H and O–H groups in total. The van der Waals surface area contributed by atoms with Crippen LogP contribution in [0, 0.1) is 18.8 Å². The van der Waals surface area contributed by atoms with Crippen LogP contribution in [0.25, 0.3) is 0 Å². The van der Waals surface area contributed by atoms with Crippen molar-refractivity contribution in [3.05, 3.63) is 17.5 Å². The lowest BCUT2D eigenvalue weighted by atomic mass is 9.98. The maximum Gasteiger partial charge on any atom is 0.255 e. The number of nitrogens with zero attached hydrogens (tertiary/aromatic N) is 3. The van der Waals surface area contributed by atoms with Crippen molar-refractivity contribution in [1.82, 2.24) is 20.0 Å². The summed E-state index contributed by atoms with van der Waals surface area (Å²) in [4.78, 5) is 14.7. The zero-order chi connectivity index (χ0) is 17.5. The van der Waals surface area contributed by atoms with E-state index in [2.05, 4.69) is 15.3 Å². The van der Waals surface area contributed by atoms with Crippen LogP contribution in [0.3, 0.4) is 0 Å². The van der Waals surface area contributed by atoms with Crippen LogP contribution in [0.1, 0.15) is 28.9 Å². The molecule has 0 radical (unpaired) electrons. The van der Waals surface area contributed by atoms with Crippen molar-refractivity contribution in [3.8, 4) is 0 Å². The first kappa shape index (κ1) is 17.4. The van der Waals surface area contributed by atoms with E-state index < -0.39 is 9.84 Å². The van der Waals surface area contributed by atoms with Gasteiger partial charge in [0.2, 0.25) is 0 Å². The normalized spacial score (nSPS) is 25.1. The Morgan fingerprint density at radius 3 is 2.62 bits per heavy atom. The van der Waals surface area contributed by atoms with Gasteiger partial charge in [0.25, 0.3) is 5.91 Å². The maximum atomic E-state index is 12.6. The van der Waals surface area contributed by atoms with E-state index in [1.807, 2.05) is 14.0 Å². The Bertz CT molecular complexity index is 724. The molecule has 2 heterocycles. The first-order chi connectivity index (χ1) is 11.2. The summed E-state index contributed by atoms with van der Waals surface area (Å²) >= 11 is 0. The molecule has 24 heavy (non-hydrogen) atoms. The topological polar surface area (TPSA) is 84.3 Å². The van der Waals surface area contributed by atoms with Crippen LogP contribution in [-0.4, -0.2) is 66.7 Å². The second-order valence-electron chi connectivity index (χ2n) is 7.24. The van der Waals surface area contributed by atoms with Crippen molar-refractivity contribution in [2.45, 2.75) is 25.8 Å². The fourth-order valence-electron chi connectivity index (χ4n) is 3.51. The van der Waals surface area contributed by atoms with E-state index in [9.17, 15) is 13.2 Å². The first-order valence-corrected chi connectivity index (χ1v) is 10.5. The standard InChI is InChI=1S/C16H26N4O3S/c1-11-13(8-17-19(11)2)16(21)18-15-10-20(6-7-24(3,22)23)9-14(15)12-4-5-12/h8,12,14-15H,4-7,9-10H2,1-3H3,(H,18,21)/t14-,15+/m0/s1. The summed E-state index contributed by atoms with van der Waals surface area (Å²) < 4.78 is 24.5. The van der Waals surface area contributed by atoms with Crippen LogP contribution < -0.4 is 5.32 Å². The van der Waals surface area contributed by atoms with Crippen LogP contribution in [0.5, 0.6) is 0 Å². The van der Waals surface area contributed by atoms with E-state index in [-0.39, 0.29) is 17.7 Å². The highest BCUT2D eigenvalue weighted by Crippen LogP contribution is 2.41. The lowest BCUT2D eigenvalue weighted by Crippen LogP contribution is -2.41. The quantitative estimate of drug-likeness (QED) is 0.790. The summed E-state index contributed by atoms with van der Waals surface area (Å²) in [7, 11) is -1.14. The summed E-state index contributed by atoms with van der Waals surface area (Å²) in [6, 6.07) is 0.0872. The average Bonchev–Trinajstić information content (AvgIpc) is 3.18. The van der Waals surface area contributed by atoms with Gasteiger partial charge in [-0.15, -0.1) is 0 Å². The molecule has 2 atom stereocenters. The number of hydrogen-bond acceptors (Lipinski definition) is 5. The second kappa shape index (κ2) is 6.48. The molecular formula is C16H26N4O3S. The van der Waals surface area contributed by atoms with Gasteiger partial charge >= 0.3 is 0 Å². The van der Waals surface area contributed by atoms with Crippen molar-refractivity contribution in [1.29, 1.82) is 0 Å². The molecule has 2 aliphatic rings. The molecule has 1 aliphatic heterocycles. The number of hydrogen-bond donors (Lipinski definition) is 1. The Morgan fingerprint density at radius 1 is 1.38 bits per heavy atom. The molecule has 0 aromatic carbocycles. The number of aryl methyl sites for hydroxylation is 1. The van der Waals surface area contributed by atoms with E-state index in [1.54, 1.807) is 10.9 Å². The average molecular weight is 354 g/mol. The third-order valence-corrected chi connectivity index (χ3v) is 6.17. The molecule has 2 fully saturated rings. The lowest BCUT2D eigenvalue weighted by molar-refractivity contribution is 0.0927. The summed E-state index contributed by atoms with van der Waals surface area (Å²) in [5.41, 5.74) is 1.46. The SMILES string of the molecule is Cc1c(C(=O)N[C@@H]2CN(CCS(C)(=O)=O)C[C@H]2C2CC2)cnn1C. The lowest BCUT2D eigenvalue weighted by Gasteiger charge is -2.19. The Hall–Kier alpha value is -1.41. The largest absolute Gasteiger partial charge is 0.348 e. The highest BCUT2D eigenvalue weighted by molar-refractivity contribution is 7.90.